The van der Waals surface area contributed by atoms with Crippen LogP contribution in [-0.4, -0.2) is 36.0 Å². The summed E-state index contributed by atoms with van der Waals surface area (Å²) in [7, 11) is 0. The second-order valence-corrected chi connectivity index (χ2v) is 6.01. The summed E-state index contributed by atoms with van der Waals surface area (Å²) in [5.41, 5.74) is 0.773. The van der Waals surface area contributed by atoms with Gasteiger partial charge in [-0.2, -0.15) is 0 Å². The Hall–Kier alpha value is -0.580. The largest absolute Gasteiger partial charge is 0.337 e. The number of nitrogens with zero attached hydrogens (tertiary/aromatic N) is 1. The molecule has 19 heavy (non-hydrogen) atoms. The van der Waals surface area contributed by atoms with Gasteiger partial charge in [-0.15, -0.1) is 12.4 Å². The van der Waals surface area contributed by atoms with Gasteiger partial charge in [0.1, 0.15) is 0 Å². The van der Waals surface area contributed by atoms with Gasteiger partial charge in [0.05, 0.1) is 5.56 Å². The lowest BCUT2D eigenvalue weighted by Gasteiger charge is -2.24. The number of halogens is 2. The highest BCUT2D eigenvalue weighted by atomic mass is 79.9. The minimum Gasteiger partial charge on any atom is -0.337 e. The summed E-state index contributed by atoms with van der Waals surface area (Å²) in [5, 5.41) is 3.60. The average molecular weight is 346 g/mol. The van der Waals surface area contributed by atoms with E-state index in [0.29, 0.717) is 12.1 Å². The van der Waals surface area contributed by atoms with Gasteiger partial charge in [0.2, 0.25) is 0 Å². The fourth-order valence-corrected chi connectivity index (χ4v) is 3.39. The van der Waals surface area contributed by atoms with Gasteiger partial charge in [-0.05, 0) is 47.3 Å². The number of hydrogen-bond donors (Lipinski definition) is 1. The number of likely N-dealkylation sites (tertiary alicyclic amines) is 1. The molecule has 3 rings (SSSR count). The first-order valence-corrected chi connectivity index (χ1v) is 7.33. The van der Waals surface area contributed by atoms with E-state index >= 15 is 0 Å². The van der Waals surface area contributed by atoms with Gasteiger partial charge in [-0.25, -0.2) is 0 Å². The number of nitrogens with one attached hydrogen (secondary N) is 1. The molecule has 5 heteroatoms. The van der Waals surface area contributed by atoms with Crippen molar-refractivity contribution in [3.05, 3.63) is 34.3 Å². The van der Waals surface area contributed by atoms with Crippen molar-refractivity contribution in [3.8, 4) is 0 Å². The predicted octanol–water partition coefficient (Wildman–Crippen LogP) is 2.84. The first kappa shape index (κ1) is 14.8. The minimum atomic E-state index is 0. The lowest BCUT2D eigenvalue weighted by molar-refractivity contribution is 0.0747. The van der Waals surface area contributed by atoms with Crippen LogP contribution in [0.3, 0.4) is 0 Å². The highest BCUT2D eigenvalue weighted by Gasteiger charge is 2.31. The topological polar surface area (TPSA) is 32.3 Å². The summed E-state index contributed by atoms with van der Waals surface area (Å²) in [5.74, 6) is 0.150. The molecule has 2 unspecified atom stereocenters. The highest BCUT2D eigenvalue weighted by molar-refractivity contribution is 9.10. The maximum absolute atomic E-state index is 12.5. The first-order chi connectivity index (χ1) is 8.74. The van der Waals surface area contributed by atoms with Crippen molar-refractivity contribution in [3.63, 3.8) is 0 Å². The third kappa shape index (κ3) is 3.12. The van der Waals surface area contributed by atoms with Crippen LogP contribution in [0.1, 0.15) is 29.6 Å². The number of hydrogen-bond acceptors (Lipinski definition) is 2. The Balaban J connectivity index is 0.00000133. The van der Waals surface area contributed by atoms with Crippen molar-refractivity contribution >= 4 is 34.2 Å². The van der Waals surface area contributed by atoms with Crippen molar-refractivity contribution in [1.29, 1.82) is 0 Å². The lowest BCUT2D eigenvalue weighted by atomic mass is 10.1. The maximum atomic E-state index is 12.5. The van der Waals surface area contributed by atoms with Crippen LogP contribution in [0.25, 0.3) is 0 Å². The molecule has 104 valence electrons. The number of rotatable bonds is 1. The molecule has 2 atom stereocenters. The quantitative estimate of drug-likeness (QED) is 0.849. The van der Waals surface area contributed by atoms with Crippen LogP contribution in [-0.2, 0) is 0 Å². The zero-order valence-electron chi connectivity index (χ0n) is 10.6. The van der Waals surface area contributed by atoms with Gasteiger partial charge in [-0.3, -0.25) is 4.79 Å². The van der Waals surface area contributed by atoms with Crippen molar-refractivity contribution in [2.24, 2.45) is 0 Å². The standard InChI is InChI=1S/C14H17BrN2O.ClH/c15-13-4-2-1-3-12(13)14(18)17-8-7-10-5-6-11(9-17)16-10;/h1-4,10-11,16H,5-9H2;1H. The molecule has 1 N–H and O–H groups in total. The lowest BCUT2D eigenvalue weighted by Crippen LogP contribution is -2.39. The third-order valence-corrected chi connectivity index (χ3v) is 4.61. The van der Waals surface area contributed by atoms with E-state index < -0.39 is 0 Å². The van der Waals surface area contributed by atoms with Crippen LogP contribution in [0.2, 0.25) is 0 Å². The molecule has 1 aromatic carbocycles. The minimum absolute atomic E-state index is 0. The van der Waals surface area contributed by atoms with Crippen LogP contribution in [0, 0.1) is 0 Å². The van der Waals surface area contributed by atoms with Crippen LogP contribution < -0.4 is 5.32 Å². The molecular formula is C14H18BrClN2O. The Morgan fingerprint density at radius 1 is 1.21 bits per heavy atom. The normalized spacial score (nSPS) is 25.6. The maximum Gasteiger partial charge on any atom is 0.255 e. The second kappa shape index (κ2) is 6.25. The summed E-state index contributed by atoms with van der Waals surface area (Å²) in [6.07, 6.45) is 3.54. The van der Waals surface area contributed by atoms with E-state index in [-0.39, 0.29) is 18.3 Å². The second-order valence-electron chi connectivity index (χ2n) is 5.16. The van der Waals surface area contributed by atoms with E-state index in [4.69, 9.17) is 0 Å². The Morgan fingerprint density at radius 3 is 2.74 bits per heavy atom. The molecule has 2 heterocycles. The van der Waals surface area contributed by atoms with E-state index in [1.54, 1.807) is 0 Å². The monoisotopic (exact) mass is 344 g/mol. The molecule has 1 aromatic rings. The molecule has 0 radical (unpaired) electrons. The van der Waals surface area contributed by atoms with Crippen molar-refractivity contribution in [2.75, 3.05) is 13.1 Å². The van der Waals surface area contributed by atoms with Gasteiger partial charge in [-0.1, -0.05) is 12.1 Å². The number of fused-ring (bicyclic) bond motifs is 2. The van der Waals surface area contributed by atoms with Crippen LogP contribution in [0.5, 0.6) is 0 Å². The summed E-state index contributed by atoms with van der Waals surface area (Å²) in [6, 6.07) is 8.78. The van der Waals surface area contributed by atoms with Crippen molar-refractivity contribution in [1.82, 2.24) is 10.2 Å². The molecule has 2 fully saturated rings. The van der Waals surface area contributed by atoms with Crippen LogP contribution in [0.15, 0.2) is 28.7 Å². The SMILES string of the molecule is Cl.O=C(c1ccccc1Br)N1CCC2CCC(C1)N2. The number of benzene rings is 1. The van der Waals surface area contributed by atoms with Gasteiger partial charge in [0.25, 0.3) is 5.91 Å². The first-order valence-electron chi connectivity index (χ1n) is 6.54. The van der Waals surface area contributed by atoms with Gasteiger partial charge in [0, 0.05) is 29.6 Å². The highest BCUT2D eigenvalue weighted by Crippen LogP contribution is 2.23. The van der Waals surface area contributed by atoms with Crippen molar-refractivity contribution < 1.29 is 4.79 Å². The molecule has 2 saturated heterocycles. The number of carbonyl (C=O) groups excluding carboxylic acids is 1. The fourth-order valence-electron chi connectivity index (χ4n) is 2.93. The summed E-state index contributed by atoms with van der Waals surface area (Å²) in [6.45, 7) is 1.71. The molecule has 2 bridgehead atoms. The molecule has 0 spiro atoms. The summed E-state index contributed by atoms with van der Waals surface area (Å²) >= 11 is 3.46. The molecule has 0 aliphatic carbocycles. The van der Waals surface area contributed by atoms with Gasteiger partial charge >= 0.3 is 0 Å². The third-order valence-electron chi connectivity index (χ3n) is 3.91. The molecule has 0 aromatic heterocycles. The molecule has 3 nitrogen and oxygen atoms in total. The zero-order chi connectivity index (χ0) is 12.5. The van der Waals surface area contributed by atoms with E-state index in [0.717, 1.165) is 29.5 Å². The van der Waals surface area contributed by atoms with E-state index in [1.807, 2.05) is 29.2 Å². The zero-order valence-corrected chi connectivity index (χ0v) is 13.0. The molecule has 1 amide bonds. The number of amides is 1. The average Bonchev–Trinajstić information content (AvgIpc) is 2.69. The Morgan fingerprint density at radius 2 is 1.95 bits per heavy atom. The van der Waals surface area contributed by atoms with Gasteiger partial charge in [0.15, 0.2) is 0 Å². The predicted molar refractivity (Wildman–Crippen MR) is 81.9 cm³/mol. The van der Waals surface area contributed by atoms with E-state index in [2.05, 4.69) is 21.2 Å². The smallest absolute Gasteiger partial charge is 0.255 e. The number of carbonyl (C=O) groups is 1. The van der Waals surface area contributed by atoms with Crippen molar-refractivity contribution in [2.45, 2.75) is 31.3 Å². The van der Waals surface area contributed by atoms with E-state index in [9.17, 15) is 4.79 Å². The van der Waals surface area contributed by atoms with Crippen LogP contribution >= 0.6 is 28.3 Å². The van der Waals surface area contributed by atoms with Gasteiger partial charge < -0.3 is 10.2 Å². The Labute approximate surface area is 128 Å². The Kier molecular flexibility index (Phi) is 4.87. The molecule has 2 aliphatic heterocycles. The molecule has 2 aliphatic rings. The Bertz CT molecular complexity index is 469. The molecular weight excluding hydrogens is 328 g/mol. The molecule has 0 saturated carbocycles. The van der Waals surface area contributed by atoms with Crippen LogP contribution in [0.4, 0.5) is 0 Å². The van der Waals surface area contributed by atoms with E-state index in [1.165, 1.54) is 12.8 Å². The summed E-state index contributed by atoms with van der Waals surface area (Å²) in [4.78, 5) is 14.5. The summed E-state index contributed by atoms with van der Waals surface area (Å²) < 4.78 is 0.886. The fraction of sp³-hybridized carbons (Fsp3) is 0.500.